The van der Waals surface area contributed by atoms with Gasteiger partial charge in [0.1, 0.15) is 5.75 Å². The highest BCUT2D eigenvalue weighted by Crippen LogP contribution is 2.41. The topological polar surface area (TPSA) is 9.23 Å². The van der Waals surface area contributed by atoms with Crippen molar-refractivity contribution < 1.29 is 4.74 Å². The maximum Gasteiger partial charge on any atom is 0.123 e. The standard InChI is InChI=1S/C26H36OS/c1-5-7-9-10-11-13-21-14-15-22-23-16-17-24(27-18-12-8-6-2)20(4)26(23)28-25(22)19(21)3/h14-17H,5-13,18H2,1-4H3. The minimum absolute atomic E-state index is 0.826. The van der Waals surface area contributed by atoms with Crippen LogP contribution >= 0.6 is 11.3 Å². The van der Waals surface area contributed by atoms with Gasteiger partial charge in [0.05, 0.1) is 6.61 Å². The van der Waals surface area contributed by atoms with Gasteiger partial charge in [0.2, 0.25) is 0 Å². The van der Waals surface area contributed by atoms with E-state index in [4.69, 9.17) is 4.74 Å². The van der Waals surface area contributed by atoms with Crippen molar-refractivity contribution >= 4 is 31.5 Å². The monoisotopic (exact) mass is 396 g/mol. The van der Waals surface area contributed by atoms with Crippen molar-refractivity contribution in [3.63, 3.8) is 0 Å². The second-order valence-electron chi connectivity index (χ2n) is 8.11. The summed E-state index contributed by atoms with van der Waals surface area (Å²) in [6.45, 7) is 9.87. The number of unbranched alkanes of at least 4 members (excludes halogenated alkanes) is 6. The van der Waals surface area contributed by atoms with E-state index in [1.807, 2.05) is 11.3 Å². The van der Waals surface area contributed by atoms with Crippen LogP contribution < -0.4 is 4.74 Å². The number of hydrogen-bond acceptors (Lipinski definition) is 2. The molecular weight excluding hydrogens is 360 g/mol. The molecule has 0 aliphatic carbocycles. The van der Waals surface area contributed by atoms with E-state index in [1.165, 1.54) is 88.2 Å². The molecule has 2 aromatic carbocycles. The van der Waals surface area contributed by atoms with Crippen molar-refractivity contribution in [3.8, 4) is 5.75 Å². The molecule has 28 heavy (non-hydrogen) atoms. The molecule has 0 saturated carbocycles. The molecule has 0 fully saturated rings. The molecule has 0 bridgehead atoms. The van der Waals surface area contributed by atoms with Gasteiger partial charge >= 0.3 is 0 Å². The van der Waals surface area contributed by atoms with Crippen LogP contribution in [0.15, 0.2) is 24.3 Å². The predicted octanol–water partition coefficient (Wildman–Crippen LogP) is 8.75. The average molecular weight is 397 g/mol. The number of thiophene rings is 1. The molecule has 0 saturated heterocycles. The third kappa shape index (κ3) is 4.71. The first-order valence-electron chi connectivity index (χ1n) is 11.2. The van der Waals surface area contributed by atoms with Crippen molar-refractivity contribution in [1.82, 2.24) is 0 Å². The summed E-state index contributed by atoms with van der Waals surface area (Å²) in [5.74, 6) is 1.06. The first kappa shape index (κ1) is 21.2. The van der Waals surface area contributed by atoms with Gasteiger partial charge in [-0.3, -0.25) is 0 Å². The quantitative estimate of drug-likeness (QED) is 0.294. The van der Waals surface area contributed by atoms with Gasteiger partial charge in [0.25, 0.3) is 0 Å². The van der Waals surface area contributed by atoms with Crippen molar-refractivity contribution in [2.45, 2.75) is 85.5 Å². The van der Waals surface area contributed by atoms with Crippen molar-refractivity contribution in [1.29, 1.82) is 0 Å². The summed E-state index contributed by atoms with van der Waals surface area (Å²) in [5.41, 5.74) is 4.32. The number of fused-ring (bicyclic) bond motifs is 3. The Bertz CT molecular complexity index is 906. The van der Waals surface area contributed by atoms with E-state index < -0.39 is 0 Å². The number of rotatable bonds is 11. The Kier molecular flexibility index (Phi) is 7.79. The molecule has 0 unspecified atom stereocenters. The zero-order valence-corrected chi connectivity index (χ0v) is 19.0. The maximum absolute atomic E-state index is 6.09. The Labute approximate surface area is 175 Å². The van der Waals surface area contributed by atoms with E-state index in [0.717, 1.165) is 18.8 Å². The summed E-state index contributed by atoms with van der Waals surface area (Å²) in [6, 6.07) is 9.16. The smallest absolute Gasteiger partial charge is 0.123 e. The Morgan fingerprint density at radius 3 is 2.11 bits per heavy atom. The minimum atomic E-state index is 0.826. The highest BCUT2D eigenvalue weighted by atomic mass is 32.1. The van der Waals surface area contributed by atoms with Crippen LogP contribution in [0.2, 0.25) is 0 Å². The number of ether oxygens (including phenoxy) is 1. The zero-order chi connectivity index (χ0) is 19.9. The van der Waals surface area contributed by atoms with Crippen LogP contribution in [0.1, 0.15) is 81.9 Å². The first-order valence-corrected chi connectivity index (χ1v) is 12.1. The lowest BCUT2D eigenvalue weighted by Crippen LogP contribution is -1.98. The zero-order valence-electron chi connectivity index (χ0n) is 18.2. The molecule has 0 N–H and O–H groups in total. The third-order valence-electron chi connectivity index (χ3n) is 5.92. The molecule has 0 amide bonds. The Hall–Kier alpha value is -1.54. The van der Waals surface area contributed by atoms with Crippen molar-refractivity contribution in [3.05, 3.63) is 41.0 Å². The molecule has 3 rings (SSSR count). The highest BCUT2D eigenvalue weighted by molar-refractivity contribution is 7.26. The first-order chi connectivity index (χ1) is 13.7. The van der Waals surface area contributed by atoms with E-state index in [1.54, 1.807) is 0 Å². The molecule has 152 valence electrons. The lowest BCUT2D eigenvalue weighted by molar-refractivity contribution is 0.305. The van der Waals surface area contributed by atoms with Gasteiger partial charge in [-0.15, -0.1) is 11.3 Å². The van der Waals surface area contributed by atoms with Crippen LogP contribution in [0.5, 0.6) is 5.75 Å². The molecule has 0 aliphatic rings. The van der Waals surface area contributed by atoms with Crippen LogP contribution in [0.25, 0.3) is 20.2 Å². The molecule has 1 aromatic heterocycles. The van der Waals surface area contributed by atoms with Gasteiger partial charge in [-0.2, -0.15) is 0 Å². The van der Waals surface area contributed by atoms with E-state index >= 15 is 0 Å². The van der Waals surface area contributed by atoms with Gasteiger partial charge < -0.3 is 4.74 Å². The van der Waals surface area contributed by atoms with Crippen LogP contribution in [0.3, 0.4) is 0 Å². The SMILES string of the molecule is CCCCCCCc1ccc2c(sc3c(C)c(OCCCCC)ccc32)c1C. The normalized spacial score (nSPS) is 11.6. The molecule has 0 aliphatic heterocycles. The largest absolute Gasteiger partial charge is 0.493 e. The van der Waals surface area contributed by atoms with Gasteiger partial charge in [0.15, 0.2) is 0 Å². The predicted molar refractivity (Wildman–Crippen MR) is 126 cm³/mol. The molecule has 1 nitrogen and oxygen atoms in total. The fraction of sp³-hybridized carbons (Fsp3) is 0.538. The fourth-order valence-electron chi connectivity index (χ4n) is 4.08. The molecular formula is C26H36OS. The lowest BCUT2D eigenvalue weighted by Gasteiger charge is -2.09. The van der Waals surface area contributed by atoms with Crippen molar-refractivity contribution in [2.24, 2.45) is 0 Å². The Morgan fingerprint density at radius 2 is 1.36 bits per heavy atom. The summed E-state index contributed by atoms with van der Waals surface area (Å²) in [4.78, 5) is 0. The number of hydrogen-bond donors (Lipinski definition) is 0. The molecule has 0 spiro atoms. The van der Waals surface area contributed by atoms with E-state index in [2.05, 4.69) is 52.0 Å². The van der Waals surface area contributed by atoms with Gasteiger partial charge in [-0.05, 0) is 56.4 Å². The number of benzene rings is 2. The van der Waals surface area contributed by atoms with E-state index in [-0.39, 0.29) is 0 Å². The molecule has 2 heteroatoms. The summed E-state index contributed by atoms with van der Waals surface area (Å²) >= 11 is 1.95. The summed E-state index contributed by atoms with van der Waals surface area (Å²) in [6.07, 6.45) is 11.6. The van der Waals surface area contributed by atoms with Crippen LogP contribution in [-0.2, 0) is 6.42 Å². The Morgan fingerprint density at radius 1 is 0.714 bits per heavy atom. The van der Waals surface area contributed by atoms with Crippen LogP contribution in [0.4, 0.5) is 0 Å². The highest BCUT2D eigenvalue weighted by Gasteiger charge is 2.14. The second kappa shape index (κ2) is 10.3. The van der Waals surface area contributed by atoms with Crippen LogP contribution in [0, 0.1) is 13.8 Å². The van der Waals surface area contributed by atoms with Crippen molar-refractivity contribution in [2.75, 3.05) is 6.61 Å². The third-order valence-corrected chi connectivity index (χ3v) is 7.38. The maximum atomic E-state index is 6.09. The Balaban J connectivity index is 1.82. The lowest BCUT2D eigenvalue weighted by atomic mass is 9.99. The van der Waals surface area contributed by atoms with Gasteiger partial charge in [-0.1, -0.05) is 64.5 Å². The van der Waals surface area contributed by atoms with E-state index in [9.17, 15) is 0 Å². The second-order valence-corrected chi connectivity index (χ2v) is 9.13. The summed E-state index contributed by atoms with van der Waals surface area (Å²) < 4.78 is 8.95. The molecule has 0 radical (unpaired) electrons. The fourth-order valence-corrected chi connectivity index (χ4v) is 5.39. The molecule has 0 atom stereocenters. The number of aryl methyl sites for hydroxylation is 3. The minimum Gasteiger partial charge on any atom is -0.493 e. The average Bonchev–Trinajstić information content (AvgIpc) is 3.08. The summed E-state index contributed by atoms with van der Waals surface area (Å²) in [7, 11) is 0. The molecule has 1 heterocycles. The van der Waals surface area contributed by atoms with Gasteiger partial charge in [0, 0.05) is 25.7 Å². The van der Waals surface area contributed by atoms with Crippen LogP contribution in [-0.4, -0.2) is 6.61 Å². The molecule has 3 aromatic rings. The van der Waals surface area contributed by atoms with Gasteiger partial charge in [-0.25, -0.2) is 0 Å². The van der Waals surface area contributed by atoms with E-state index in [0.29, 0.717) is 0 Å². The summed E-state index contributed by atoms with van der Waals surface area (Å²) in [5, 5.41) is 2.80.